The Kier molecular flexibility index (Phi) is 4.16. The number of hydrogen-bond acceptors (Lipinski definition) is 3. The van der Waals surface area contributed by atoms with Gasteiger partial charge in [-0.1, -0.05) is 42.5 Å². The molecule has 5 nitrogen and oxygen atoms in total. The number of nitrogens with zero attached hydrogens (tertiary/aromatic N) is 2. The van der Waals surface area contributed by atoms with Crippen molar-refractivity contribution < 1.29 is 14.2 Å². The van der Waals surface area contributed by atoms with E-state index in [0.29, 0.717) is 18.0 Å². The summed E-state index contributed by atoms with van der Waals surface area (Å²) in [7, 11) is 3.21. The summed E-state index contributed by atoms with van der Waals surface area (Å²) in [6.45, 7) is 0.695. The minimum absolute atomic E-state index is 0.0817. The van der Waals surface area contributed by atoms with E-state index in [-0.39, 0.29) is 5.92 Å². The standard InChI is InChI=1S/C24H22N2O3/c1-28-23-15-25-13-20-12-19(18-8-7-16-5-3-4-6-17(16)11-18)9-10-21(20)26(27)14-22(25)24(23)29-2/h3-11,14-15,20H,12-13H2,1-2H3/t20-/m0/s1. The first-order valence-corrected chi connectivity index (χ1v) is 9.70. The van der Waals surface area contributed by atoms with E-state index in [1.165, 1.54) is 21.9 Å². The summed E-state index contributed by atoms with van der Waals surface area (Å²) in [6.07, 6.45) is 8.34. The van der Waals surface area contributed by atoms with Gasteiger partial charge in [-0.3, -0.25) is 0 Å². The molecule has 3 aromatic rings. The smallest absolute Gasteiger partial charge is 0.208 e. The first-order chi connectivity index (χ1) is 14.2. The zero-order valence-corrected chi connectivity index (χ0v) is 16.5. The van der Waals surface area contributed by atoms with Crippen LogP contribution in [0.1, 0.15) is 17.7 Å². The van der Waals surface area contributed by atoms with Gasteiger partial charge in [0.15, 0.2) is 22.9 Å². The van der Waals surface area contributed by atoms with Gasteiger partial charge in [0.05, 0.1) is 26.3 Å². The van der Waals surface area contributed by atoms with Crippen LogP contribution < -0.4 is 9.47 Å². The molecule has 0 radical (unpaired) electrons. The van der Waals surface area contributed by atoms with Crippen molar-refractivity contribution in [3.63, 3.8) is 0 Å². The molecule has 2 aromatic carbocycles. The van der Waals surface area contributed by atoms with E-state index < -0.39 is 0 Å². The average Bonchev–Trinajstić information content (AvgIpc) is 3.02. The summed E-state index contributed by atoms with van der Waals surface area (Å²) < 4.78 is 13.9. The van der Waals surface area contributed by atoms with Gasteiger partial charge in [-0.25, -0.2) is 0 Å². The molecule has 1 aliphatic carbocycles. The average molecular weight is 386 g/mol. The van der Waals surface area contributed by atoms with Crippen molar-refractivity contribution in [1.29, 1.82) is 0 Å². The molecule has 1 aromatic heterocycles. The second kappa shape index (κ2) is 6.85. The van der Waals surface area contributed by atoms with E-state index in [2.05, 4.69) is 53.1 Å². The number of rotatable bonds is 3. The summed E-state index contributed by atoms with van der Waals surface area (Å²) in [4.78, 5) is 0. The van der Waals surface area contributed by atoms with Crippen LogP contribution in [0, 0.1) is 11.1 Å². The van der Waals surface area contributed by atoms with Crippen molar-refractivity contribution in [2.75, 3.05) is 14.2 Å². The molecule has 0 bridgehead atoms. The van der Waals surface area contributed by atoms with Gasteiger partial charge in [-0.15, -0.1) is 0 Å². The highest BCUT2D eigenvalue weighted by Crippen LogP contribution is 2.39. The fraction of sp³-hybridized carbons (Fsp3) is 0.208. The highest BCUT2D eigenvalue weighted by Gasteiger charge is 2.32. The van der Waals surface area contributed by atoms with Crippen LogP contribution in [-0.2, 0) is 6.54 Å². The largest absolute Gasteiger partial charge is 0.618 e. The zero-order chi connectivity index (χ0) is 20.0. The molecule has 0 fully saturated rings. The molecule has 5 rings (SSSR count). The lowest BCUT2D eigenvalue weighted by Crippen LogP contribution is -2.18. The lowest BCUT2D eigenvalue weighted by molar-refractivity contribution is -0.404. The second-order valence-corrected chi connectivity index (χ2v) is 7.47. The third-order valence-electron chi connectivity index (χ3n) is 5.83. The molecule has 0 unspecified atom stereocenters. The summed E-state index contributed by atoms with van der Waals surface area (Å²) >= 11 is 0. The van der Waals surface area contributed by atoms with Crippen molar-refractivity contribution in [2.24, 2.45) is 5.92 Å². The van der Waals surface area contributed by atoms with Crippen molar-refractivity contribution in [3.8, 4) is 11.5 Å². The van der Waals surface area contributed by atoms with Crippen LogP contribution in [0.5, 0.6) is 11.5 Å². The number of aromatic nitrogens is 1. The van der Waals surface area contributed by atoms with Gasteiger partial charge in [-0.2, -0.15) is 4.74 Å². The van der Waals surface area contributed by atoms with E-state index in [1.807, 2.05) is 12.3 Å². The van der Waals surface area contributed by atoms with Gasteiger partial charge in [0, 0.05) is 12.6 Å². The third-order valence-corrected chi connectivity index (χ3v) is 5.83. The fourth-order valence-electron chi connectivity index (χ4n) is 4.36. The van der Waals surface area contributed by atoms with Gasteiger partial charge >= 0.3 is 0 Å². The minimum atomic E-state index is 0.0817. The summed E-state index contributed by atoms with van der Waals surface area (Å²) in [5.74, 6) is 1.31. The van der Waals surface area contributed by atoms with Crippen LogP contribution in [0.2, 0.25) is 0 Å². The van der Waals surface area contributed by atoms with Crippen molar-refractivity contribution in [3.05, 3.63) is 83.0 Å². The first-order valence-electron chi connectivity index (χ1n) is 9.70. The molecule has 0 N–H and O–H groups in total. The highest BCUT2D eigenvalue weighted by atomic mass is 16.5. The number of hydrogen-bond donors (Lipinski definition) is 0. The van der Waals surface area contributed by atoms with E-state index in [4.69, 9.17) is 9.47 Å². The maximum Gasteiger partial charge on any atom is 0.208 e. The Balaban J connectivity index is 1.53. The normalized spacial score (nSPS) is 18.1. The van der Waals surface area contributed by atoms with Gasteiger partial charge in [-0.05, 0) is 34.4 Å². The third kappa shape index (κ3) is 2.90. The molecule has 0 saturated carbocycles. The maximum atomic E-state index is 12.8. The van der Waals surface area contributed by atoms with Gasteiger partial charge in [0.1, 0.15) is 0 Å². The number of fused-ring (bicyclic) bond motifs is 3. The van der Waals surface area contributed by atoms with Crippen LogP contribution in [0.3, 0.4) is 0 Å². The molecule has 1 aliphatic heterocycles. The molecule has 2 aliphatic rings. The zero-order valence-electron chi connectivity index (χ0n) is 16.5. The lowest BCUT2D eigenvalue weighted by Gasteiger charge is -2.22. The molecule has 0 spiro atoms. The Bertz CT molecular complexity index is 1200. The van der Waals surface area contributed by atoms with Gasteiger partial charge in [0.2, 0.25) is 6.21 Å². The Morgan fingerprint density at radius 2 is 1.86 bits per heavy atom. The van der Waals surface area contributed by atoms with Crippen LogP contribution in [0.4, 0.5) is 0 Å². The highest BCUT2D eigenvalue weighted by molar-refractivity contribution is 5.87. The summed E-state index contributed by atoms with van der Waals surface area (Å²) in [5.41, 5.74) is 3.96. The molecule has 0 saturated heterocycles. The van der Waals surface area contributed by atoms with Crippen LogP contribution in [0.15, 0.2) is 66.5 Å². The van der Waals surface area contributed by atoms with Gasteiger partial charge < -0.3 is 19.2 Å². The minimum Gasteiger partial charge on any atom is -0.618 e. The molecule has 2 heterocycles. The van der Waals surface area contributed by atoms with Crippen molar-refractivity contribution in [2.45, 2.75) is 13.0 Å². The second-order valence-electron chi connectivity index (χ2n) is 7.47. The number of methoxy groups -OCH3 is 2. The Hall–Kier alpha value is -3.47. The molecule has 5 heteroatoms. The van der Waals surface area contributed by atoms with Crippen molar-refractivity contribution in [1.82, 2.24) is 4.57 Å². The molecule has 146 valence electrons. The van der Waals surface area contributed by atoms with E-state index in [0.717, 1.165) is 22.6 Å². The van der Waals surface area contributed by atoms with E-state index in [9.17, 15) is 5.21 Å². The lowest BCUT2D eigenvalue weighted by atomic mass is 9.87. The molecule has 0 amide bonds. The molecule has 1 atom stereocenters. The Labute approximate surface area is 169 Å². The van der Waals surface area contributed by atoms with Crippen molar-refractivity contribution >= 4 is 22.6 Å². The first kappa shape index (κ1) is 17.6. The maximum absolute atomic E-state index is 12.8. The van der Waals surface area contributed by atoms with E-state index in [1.54, 1.807) is 20.4 Å². The number of allylic oxidation sites excluding steroid dienone is 4. The van der Waals surface area contributed by atoms with Crippen LogP contribution in [-0.4, -0.2) is 29.7 Å². The molecular weight excluding hydrogens is 364 g/mol. The molecule has 29 heavy (non-hydrogen) atoms. The predicted molar refractivity (Wildman–Crippen MR) is 114 cm³/mol. The predicted octanol–water partition coefficient (Wildman–Crippen LogP) is 4.59. The SMILES string of the molecule is COc1cn2c(c1OC)C=[N+]([O-])C1=CC=C(c3ccc4ccccc4c3)C[C@H]1C2. The van der Waals surface area contributed by atoms with Crippen LogP contribution in [0.25, 0.3) is 16.3 Å². The van der Waals surface area contributed by atoms with E-state index >= 15 is 0 Å². The molecular formula is C24H22N2O3. The monoisotopic (exact) mass is 386 g/mol. The Morgan fingerprint density at radius 3 is 2.66 bits per heavy atom. The number of hydroxylamine groups is 1. The number of benzene rings is 2. The topological polar surface area (TPSA) is 49.5 Å². The summed E-state index contributed by atoms with van der Waals surface area (Å²) in [5, 5.41) is 15.3. The Morgan fingerprint density at radius 1 is 1.03 bits per heavy atom. The number of ether oxygens (including phenoxy) is 2. The van der Waals surface area contributed by atoms with Gasteiger partial charge in [0.25, 0.3) is 0 Å². The fourth-order valence-corrected chi connectivity index (χ4v) is 4.36. The van der Waals surface area contributed by atoms with Crippen LogP contribution >= 0.6 is 0 Å². The quantitative estimate of drug-likeness (QED) is 0.489. The summed E-state index contributed by atoms with van der Waals surface area (Å²) in [6, 6.07) is 14.9.